The molecule has 16 heteroatoms. The second-order valence-corrected chi connectivity index (χ2v) is 18.3. The second kappa shape index (κ2) is 21.1. The van der Waals surface area contributed by atoms with Gasteiger partial charge in [-0.1, -0.05) is 53.2 Å². The van der Waals surface area contributed by atoms with Gasteiger partial charge < -0.3 is 35.0 Å². The number of likely N-dealkylation sites (N-methyl/N-ethyl adjacent to an activating group) is 2. The number of thiazole rings is 1. The predicted molar refractivity (Wildman–Crippen MR) is 230 cm³/mol. The molecule has 2 aromatic rings. The van der Waals surface area contributed by atoms with Crippen molar-refractivity contribution in [2.45, 2.75) is 134 Å². The first kappa shape index (κ1) is 46.9. The standard InChI is InChI=1S/C44H67N7O8S/c1-10-26(4)37(50(7)43(55)36(25(2)3)48-41(54)38-29-16-17-31(23-29)49(38)6)34(58-8)24-35(52)51-19-12-15-33(51)39(59-9)27(5)40(53)47-32(42-45-18-20-60-42)22-28-13-11-14-30(21-28)46-44(56)57/h11,13-14,18,20-21,25-27,29,31-34,36-39,46H,10,12,15-17,19,22-24H2,1-9H3,(H,47,53)(H,48,54)(H,56,57)/t26?,27?,29-,31+,32?,33-,34?,36?,37?,38-,39?/m0/s1. The molecule has 0 spiro atoms. The van der Waals surface area contributed by atoms with E-state index in [1.165, 1.54) is 11.3 Å². The molecule has 7 unspecified atom stereocenters. The third kappa shape index (κ3) is 10.8. The summed E-state index contributed by atoms with van der Waals surface area (Å²) in [5.41, 5.74) is 1.24. The fourth-order valence-corrected chi connectivity index (χ4v) is 10.6. The number of carbonyl (C=O) groups excluding carboxylic acids is 4. The predicted octanol–water partition coefficient (Wildman–Crippen LogP) is 5.18. The van der Waals surface area contributed by atoms with Crippen LogP contribution in [0.4, 0.5) is 10.5 Å². The molecule has 1 saturated carbocycles. The number of anilines is 1. The average Bonchev–Trinajstić information content (AvgIpc) is 4.06. The van der Waals surface area contributed by atoms with E-state index in [1.807, 2.05) is 37.2 Å². The maximum absolute atomic E-state index is 14.4. The first-order valence-corrected chi connectivity index (χ1v) is 22.4. The van der Waals surface area contributed by atoms with Crippen LogP contribution < -0.4 is 16.0 Å². The van der Waals surface area contributed by atoms with Crippen molar-refractivity contribution in [2.75, 3.05) is 40.2 Å². The molecule has 1 aliphatic carbocycles. The van der Waals surface area contributed by atoms with E-state index in [0.29, 0.717) is 42.0 Å². The van der Waals surface area contributed by atoms with Crippen molar-refractivity contribution in [1.82, 2.24) is 30.3 Å². The minimum Gasteiger partial charge on any atom is -0.465 e. The highest BCUT2D eigenvalue weighted by Gasteiger charge is 2.49. The minimum absolute atomic E-state index is 0.0210. The SMILES string of the molecule is CCC(C)C(C(CC(=O)N1CCC[C@H]1C(OC)C(C)C(=O)NC(Cc1cccc(NC(=O)O)c1)c1nccs1)OC)N(C)C(=O)C(NC(=O)[C@@H]1[C@H]2CC[C@H](C2)N1C)C(C)C. The largest absolute Gasteiger partial charge is 0.465 e. The van der Waals surface area contributed by atoms with Gasteiger partial charge in [-0.2, -0.15) is 0 Å². The Hall–Kier alpha value is -4.12. The normalized spacial score (nSPS) is 23.7. The lowest BCUT2D eigenvalue weighted by Gasteiger charge is -2.41. The molecule has 15 nitrogen and oxygen atoms in total. The topological polar surface area (TPSA) is 183 Å². The summed E-state index contributed by atoms with van der Waals surface area (Å²) < 4.78 is 12.1. The second-order valence-electron chi connectivity index (χ2n) is 17.4. The highest BCUT2D eigenvalue weighted by molar-refractivity contribution is 7.09. The smallest absolute Gasteiger partial charge is 0.409 e. The molecule has 332 valence electrons. The van der Waals surface area contributed by atoms with Gasteiger partial charge in [0.05, 0.1) is 48.7 Å². The third-order valence-corrected chi connectivity index (χ3v) is 14.2. The Balaban J connectivity index is 1.27. The highest BCUT2D eigenvalue weighted by atomic mass is 32.1. The van der Waals surface area contributed by atoms with Gasteiger partial charge in [0.25, 0.3) is 0 Å². The summed E-state index contributed by atoms with van der Waals surface area (Å²) in [5, 5.41) is 20.4. The number of rotatable bonds is 20. The van der Waals surface area contributed by atoms with Crippen LogP contribution in [-0.4, -0.2) is 132 Å². The van der Waals surface area contributed by atoms with Crippen molar-refractivity contribution in [1.29, 1.82) is 0 Å². The maximum Gasteiger partial charge on any atom is 0.409 e. The average molecular weight is 854 g/mol. The van der Waals surface area contributed by atoms with Crippen LogP contribution >= 0.6 is 11.3 Å². The monoisotopic (exact) mass is 853 g/mol. The summed E-state index contributed by atoms with van der Waals surface area (Å²) >= 11 is 1.42. The van der Waals surface area contributed by atoms with Gasteiger partial charge in [0.2, 0.25) is 23.6 Å². The van der Waals surface area contributed by atoms with Crippen molar-refractivity contribution in [3.05, 3.63) is 46.4 Å². The van der Waals surface area contributed by atoms with Crippen molar-refractivity contribution in [3.8, 4) is 0 Å². The van der Waals surface area contributed by atoms with Gasteiger partial charge in [-0.15, -0.1) is 11.3 Å². The Kier molecular flexibility index (Phi) is 16.5. The molecule has 2 aliphatic heterocycles. The van der Waals surface area contributed by atoms with Gasteiger partial charge in [0.1, 0.15) is 11.0 Å². The Morgan fingerprint density at radius 1 is 1.05 bits per heavy atom. The number of ether oxygens (including phenoxy) is 2. The number of methoxy groups -OCH3 is 2. The number of amides is 5. The number of nitrogens with one attached hydrogen (secondary N) is 3. The lowest BCUT2D eigenvalue weighted by Crippen LogP contribution is -2.60. The minimum atomic E-state index is -1.16. The Morgan fingerprint density at radius 2 is 1.80 bits per heavy atom. The zero-order chi connectivity index (χ0) is 43.8. The van der Waals surface area contributed by atoms with Crippen LogP contribution in [0.5, 0.6) is 0 Å². The van der Waals surface area contributed by atoms with Crippen LogP contribution in [0.1, 0.15) is 96.2 Å². The number of nitrogens with zero attached hydrogens (tertiary/aromatic N) is 4. The van der Waals surface area contributed by atoms with Crippen molar-refractivity contribution in [3.63, 3.8) is 0 Å². The molecule has 11 atom stereocenters. The number of piperidine rings is 1. The molecule has 3 heterocycles. The van der Waals surface area contributed by atoms with E-state index in [0.717, 1.165) is 37.7 Å². The summed E-state index contributed by atoms with van der Waals surface area (Å²) in [6.45, 7) is 10.3. The van der Waals surface area contributed by atoms with E-state index >= 15 is 0 Å². The lowest BCUT2D eigenvalue weighted by molar-refractivity contribution is -0.148. The molecule has 1 aromatic carbocycles. The van der Waals surface area contributed by atoms with Gasteiger partial charge in [-0.05, 0) is 81.0 Å². The fraction of sp³-hybridized carbons (Fsp3) is 0.682. The molecule has 3 aliphatic rings. The molecule has 2 bridgehead atoms. The first-order chi connectivity index (χ1) is 28.6. The molecular formula is C44H67N7O8S. The van der Waals surface area contributed by atoms with Gasteiger partial charge in [0.15, 0.2) is 0 Å². The van der Waals surface area contributed by atoms with Crippen LogP contribution in [0, 0.1) is 23.7 Å². The van der Waals surface area contributed by atoms with Gasteiger partial charge in [0, 0.05) is 51.1 Å². The molecule has 2 saturated heterocycles. The number of fused-ring (bicyclic) bond motifs is 2. The fourth-order valence-electron chi connectivity index (χ4n) is 9.93. The quantitative estimate of drug-likeness (QED) is 0.139. The van der Waals surface area contributed by atoms with E-state index in [1.54, 1.807) is 57.5 Å². The summed E-state index contributed by atoms with van der Waals surface area (Å²) in [6, 6.07) is 5.16. The van der Waals surface area contributed by atoms with Gasteiger partial charge in [-0.3, -0.25) is 29.4 Å². The summed E-state index contributed by atoms with van der Waals surface area (Å²) in [5.74, 6) is -1.23. The van der Waals surface area contributed by atoms with E-state index in [-0.39, 0.29) is 54.0 Å². The Labute approximate surface area is 359 Å². The van der Waals surface area contributed by atoms with Crippen LogP contribution in [0.2, 0.25) is 0 Å². The molecule has 0 radical (unpaired) electrons. The number of aromatic nitrogens is 1. The first-order valence-electron chi connectivity index (χ1n) is 21.5. The number of benzene rings is 1. The van der Waals surface area contributed by atoms with Crippen molar-refractivity contribution < 1.29 is 38.6 Å². The van der Waals surface area contributed by atoms with Crippen LogP contribution in [0.25, 0.3) is 0 Å². The van der Waals surface area contributed by atoms with E-state index in [9.17, 15) is 29.1 Å². The summed E-state index contributed by atoms with van der Waals surface area (Å²) in [6.07, 6.45) is 4.95. The Bertz CT molecular complexity index is 1780. The molecular weight excluding hydrogens is 787 g/mol. The van der Waals surface area contributed by atoms with Crippen LogP contribution in [0.3, 0.4) is 0 Å². The number of hydrogen-bond donors (Lipinski definition) is 4. The molecule has 5 rings (SSSR count). The molecule has 4 N–H and O–H groups in total. The molecule has 3 fully saturated rings. The summed E-state index contributed by atoms with van der Waals surface area (Å²) in [7, 11) is 6.89. The third-order valence-electron chi connectivity index (χ3n) is 13.3. The zero-order valence-corrected chi connectivity index (χ0v) is 37.6. The molecule has 1 aromatic heterocycles. The molecule has 60 heavy (non-hydrogen) atoms. The number of carboxylic acid groups (broad SMARTS) is 1. The lowest BCUT2D eigenvalue weighted by atomic mass is 9.89. The Morgan fingerprint density at radius 3 is 2.40 bits per heavy atom. The number of hydrogen-bond acceptors (Lipinski definition) is 10. The van der Waals surface area contributed by atoms with Crippen molar-refractivity contribution in [2.24, 2.45) is 23.7 Å². The van der Waals surface area contributed by atoms with Crippen LogP contribution in [0.15, 0.2) is 35.8 Å². The van der Waals surface area contributed by atoms with Crippen LogP contribution in [-0.2, 0) is 35.1 Å². The summed E-state index contributed by atoms with van der Waals surface area (Å²) in [4.78, 5) is 77.9. The number of likely N-dealkylation sites (tertiary alicyclic amines) is 2. The zero-order valence-electron chi connectivity index (χ0n) is 36.8. The van der Waals surface area contributed by atoms with Gasteiger partial charge >= 0.3 is 6.09 Å². The van der Waals surface area contributed by atoms with E-state index in [2.05, 4.69) is 39.7 Å². The van der Waals surface area contributed by atoms with E-state index < -0.39 is 42.3 Å². The molecule has 5 amide bonds. The van der Waals surface area contributed by atoms with Gasteiger partial charge in [-0.25, -0.2) is 9.78 Å². The van der Waals surface area contributed by atoms with E-state index in [4.69, 9.17) is 9.47 Å². The van der Waals surface area contributed by atoms with Crippen molar-refractivity contribution >= 4 is 46.7 Å². The maximum atomic E-state index is 14.4. The highest BCUT2D eigenvalue weighted by Crippen LogP contribution is 2.41. The number of carbonyl (C=O) groups is 5.